The Balaban J connectivity index is 1.61. The lowest BCUT2D eigenvalue weighted by Gasteiger charge is -2.22. The highest BCUT2D eigenvalue weighted by Gasteiger charge is 2.21. The Bertz CT molecular complexity index is 831. The second-order valence-electron chi connectivity index (χ2n) is 7.37. The molecule has 1 saturated carbocycles. The van der Waals surface area contributed by atoms with Gasteiger partial charge in [-0.2, -0.15) is 0 Å². The van der Waals surface area contributed by atoms with Crippen LogP contribution in [0.15, 0.2) is 42.1 Å². The van der Waals surface area contributed by atoms with Crippen LogP contribution < -0.4 is 14.8 Å². The highest BCUT2D eigenvalue weighted by molar-refractivity contribution is 7.99. The Kier molecular flexibility index (Phi) is 8.19. The van der Waals surface area contributed by atoms with E-state index in [0.717, 1.165) is 24.3 Å². The Hall–Kier alpha value is -2.48. The molecule has 1 N–H and O–H groups in total. The number of benzene rings is 1. The molecular weight excluding hydrogens is 400 g/mol. The van der Waals surface area contributed by atoms with Crippen LogP contribution in [0.4, 0.5) is 0 Å². The van der Waals surface area contributed by atoms with Gasteiger partial charge in [0.15, 0.2) is 17.1 Å². The van der Waals surface area contributed by atoms with Crippen molar-refractivity contribution in [2.75, 3.05) is 12.9 Å². The first-order valence-corrected chi connectivity index (χ1v) is 11.4. The number of aromatic nitrogens is 3. The summed E-state index contributed by atoms with van der Waals surface area (Å²) in [6.07, 6.45) is 7.30. The summed E-state index contributed by atoms with van der Waals surface area (Å²) in [5.41, 5.74) is 0. The molecule has 1 atom stereocenters. The molecule has 0 saturated heterocycles. The van der Waals surface area contributed by atoms with Gasteiger partial charge in [0.05, 0.1) is 12.9 Å². The number of rotatable bonds is 10. The largest absolute Gasteiger partial charge is 0.497 e. The minimum absolute atomic E-state index is 0.0455. The molecule has 1 aliphatic rings. The molecule has 8 heteroatoms. The monoisotopic (exact) mass is 430 g/mol. The second-order valence-corrected chi connectivity index (χ2v) is 8.31. The van der Waals surface area contributed by atoms with E-state index in [1.165, 1.54) is 31.0 Å². The molecule has 30 heavy (non-hydrogen) atoms. The van der Waals surface area contributed by atoms with E-state index in [2.05, 4.69) is 22.1 Å². The topological polar surface area (TPSA) is 78.3 Å². The number of ether oxygens (including phenoxy) is 2. The maximum atomic E-state index is 12.3. The molecule has 0 bridgehead atoms. The number of thioether (sulfide) groups is 1. The van der Waals surface area contributed by atoms with Crippen molar-refractivity contribution < 1.29 is 14.3 Å². The maximum absolute atomic E-state index is 12.3. The van der Waals surface area contributed by atoms with Crippen molar-refractivity contribution in [2.45, 2.75) is 62.9 Å². The van der Waals surface area contributed by atoms with Crippen LogP contribution in [0.25, 0.3) is 0 Å². The summed E-state index contributed by atoms with van der Waals surface area (Å²) in [5, 5.41) is 12.4. The van der Waals surface area contributed by atoms with E-state index in [0.29, 0.717) is 29.3 Å². The number of hydrogen-bond donors (Lipinski definition) is 1. The number of carbonyl (C=O) groups is 1. The summed E-state index contributed by atoms with van der Waals surface area (Å²) in [4.78, 5) is 12.3. The van der Waals surface area contributed by atoms with Crippen molar-refractivity contribution in [3.05, 3.63) is 42.7 Å². The first-order valence-electron chi connectivity index (χ1n) is 10.4. The van der Waals surface area contributed by atoms with Crippen molar-refractivity contribution in [3.63, 3.8) is 0 Å². The number of hydrogen-bond acceptors (Lipinski definition) is 6. The minimum atomic E-state index is -0.309. The smallest absolute Gasteiger partial charge is 0.230 e. The van der Waals surface area contributed by atoms with Gasteiger partial charge in [0, 0.05) is 12.6 Å². The molecule has 0 radical (unpaired) electrons. The molecule has 7 nitrogen and oxygen atoms in total. The standard InChI is InChI=1S/C22H30N4O3S/c1-4-14-26-21(16(2)29-19-12-10-18(28-3)11-13-19)24-25-22(26)30-15-20(27)23-17-8-6-5-7-9-17/h4,10-13,16-17H,1,5-9,14-15H2,2-3H3,(H,23,27). The number of methoxy groups -OCH3 is 1. The van der Waals surface area contributed by atoms with Gasteiger partial charge in [-0.05, 0) is 44.0 Å². The predicted molar refractivity (Wildman–Crippen MR) is 118 cm³/mol. The number of amides is 1. The van der Waals surface area contributed by atoms with Gasteiger partial charge in [-0.15, -0.1) is 16.8 Å². The fraction of sp³-hybridized carbons (Fsp3) is 0.500. The molecular formula is C22H30N4O3S. The molecule has 2 aromatic rings. The number of nitrogens with one attached hydrogen (secondary N) is 1. The van der Waals surface area contributed by atoms with Gasteiger partial charge in [-0.1, -0.05) is 37.1 Å². The fourth-order valence-corrected chi connectivity index (χ4v) is 4.33. The lowest BCUT2D eigenvalue weighted by atomic mass is 9.95. The van der Waals surface area contributed by atoms with Crippen molar-refractivity contribution in [1.82, 2.24) is 20.1 Å². The summed E-state index contributed by atoms with van der Waals surface area (Å²) in [5.74, 6) is 2.55. The van der Waals surface area contributed by atoms with Crippen molar-refractivity contribution >= 4 is 17.7 Å². The predicted octanol–water partition coefficient (Wildman–Crippen LogP) is 4.15. The van der Waals surface area contributed by atoms with E-state index in [9.17, 15) is 4.79 Å². The minimum Gasteiger partial charge on any atom is -0.497 e. The molecule has 1 amide bonds. The third-order valence-electron chi connectivity index (χ3n) is 5.10. The van der Waals surface area contributed by atoms with Crippen molar-refractivity contribution in [2.24, 2.45) is 0 Å². The Morgan fingerprint density at radius 1 is 1.27 bits per heavy atom. The third-order valence-corrected chi connectivity index (χ3v) is 6.06. The molecule has 1 heterocycles. The van der Waals surface area contributed by atoms with Gasteiger partial charge >= 0.3 is 0 Å². The average Bonchev–Trinajstić information content (AvgIpc) is 3.16. The van der Waals surface area contributed by atoms with Crippen LogP contribution in [-0.4, -0.2) is 39.6 Å². The molecule has 0 aliphatic heterocycles. The van der Waals surface area contributed by atoms with Gasteiger partial charge in [0.25, 0.3) is 0 Å². The second kappa shape index (κ2) is 11.1. The highest BCUT2D eigenvalue weighted by Crippen LogP contribution is 2.26. The summed E-state index contributed by atoms with van der Waals surface area (Å²) < 4.78 is 13.1. The van der Waals surface area contributed by atoms with Crippen LogP contribution in [0.3, 0.4) is 0 Å². The maximum Gasteiger partial charge on any atom is 0.230 e. The number of nitrogens with zero attached hydrogens (tertiary/aromatic N) is 3. The van der Waals surface area contributed by atoms with Crippen LogP contribution in [0.2, 0.25) is 0 Å². The quantitative estimate of drug-likeness (QED) is 0.451. The van der Waals surface area contributed by atoms with Crippen molar-refractivity contribution in [1.29, 1.82) is 0 Å². The van der Waals surface area contributed by atoms with E-state index in [4.69, 9.17) is 9.47 Å². The van der Waals surface area contributed by atoms with Gasteiger partial charge in [0.1, 0.15) is 11.5 Å². The lowest BCUT2D eigenvalue weighted by molar-refractivity contribution is -0.119. The van der Waals surface area contributed by atoms with Gasteiger partial charge in [-0.25, -0.2) is 0 Å². The van der Waals surface area contributed by atoms with E-state index in [-0.39, 0.29) is 12.0 Å². The van der Waals surface area contributed by atoms with Crippen LogP contribution in [0.5, 0.6) is 11.5 Å². The molecule has 162 valence electrons. The molecule has 1 aliphatic carbocycles. The number of carbonyl (C=O) groups excluding carboxylic acids is 1. The SMILES string of the molecule is C=CCn1c(SCC(=O)NC2CCCCC2)nnc1C(C)Oc1ccc(OC)cc1. The van der Waals surface area contributed by atoms with Crippen LogP contribution in [0.1, 0.15) is 51.0 Å². The Labute approximate surface area is 182 Å². The first-order chi connectivity index (χ1) is 14.6. The summed E-state index contributed by atoms with van der Waals surface area (Å²) in [7, 11) is 1.63. The van der Waals surface area contributed by atoms with Crippen molar-refractivity contribution in [3.8, 4) is 11.5 Å². The Morgan fingerprint density at radius 2 is 1.97 bits per heavy atom. The average molecular weight is 431 g/mol. The zero-order valence-corrected chi connectivity index (χ0v) is 18.5. The molecule has 1 aromatic carbocycles. The molecule has 1 aromatic heterocycles. The van der Waals surface area contributed by atoms with Gasteiger partial charge in [-0.3, -0.25) is 9.36 Å². The molecule has 0 spiro atoms. The van der Waals surface area contributed by atoms with Crippen LogP contribution in [-0.2, 0) is 11.3 Å². The summed E-state index contributed by atoms with van der Waals surface area (Å²) >= 11 is 1.39. The Morgan fingerprint density at radius 3 is 2.63 bits per heavy atom. The van der Waals surface area contributed by atoms with E-state index in [1.807, 2.05) is 35.8 Å². The third kappa shape index (κ3) is 6.01. The molecule has 3 rings (SSSR count). The first kappa shape index (κ1) is 22.2. The number of allylic oxidation sites excluding steroid dienone is 1. The normalized spacial score (nSPS) is 15.4. The van der Waals surface area contributed by atoms with E-state index in [1.54, 1.807) is 13.2 Å². The zero-order chi connectivity index (χ0) is 21.3. The van der Waals surface area contributed by atoms with Crippen LogP contribution >= 0.6 is 11.8 Å². The molecule has 1 fully saturated rings. The van der Waals surface area contributed by atoms with E-state index >= 15 is 0 Å². The van der Waals surface area contributed by atoms with Gasteiger partial charge < -0.3 is 14.8 Å². The van der Waals surface area contributed by atoms with Gasteiger partial charge in [0.2, 0.25) is 5.91 Å². The van der Waals surface area contributed by atoms with E-state index < -0.39 is 0 Å². The molecule has 1 unspecified atom stereocenters. The summed E-state index contributed by atoms with van der Waals surface area (Å²) in [6.45, 7) is 6.31. The summed E-state index contributed by atoms with van der Waals surface area (Å²) in [6, 6.07) is 7.72. The van der Waals surface area contributed by atoms with Crippen LogP contribution in [0, 0.1) is 0 Å². The zero-order valence-electron chi connectivity index (χ0n) is 17.7. The lowest BCUT2D eigenvalue weighted by Crippen LogP contribution is -2.37. The fourth-order valence-electron chi connectivity index (χ4n) is 3.57. The highest BCUT2D eigenvalue weighted by atomic mass is 32.2.